The zero-order valence-electron chi connectivity index (χ0n) is 19.4. The van der Waals surface area contributed by atoms with Crippen LogP contribution < -0.4 is 15.8 Å². The molecule has 1 fully saturated rings. The van der Waals surface area contributed by atoms with Crippen molar-refractivity contribution in [3.05, 3.63) is 65.2 Å². The van der Waals surface area contributed by atoms with E-state index in [0.29, 0.717) is 13.1 Å². The van der Waals surface area contributed by atoms with Crippen molar-refractivity contribution in [1.82, 2.24) is 15.1 Å². The highest BCUT2D eigenvalue weighted by Gasteiger charge is 2.23. The fraction of sp³-hybridized carbons (Fsp3) is 0.440. The van der Waals surface area contributed by atoms with Crippen molar-refractivity contribution < 1.29 is 9.53 Å². The van der Waals surface area contributed by atoms with Crippen molar-refractivity contribution >= 4 is 11.9 Å². The van der Waals surface area contributed by atoms with Gasteiger partial charge in [-0.05, 0) is 36.6 Å². The van der Waals surface area contributed by atoms with E-state index in [4.69, 9.17) is 10.5 Å². The lowest BCUT2D eigenvalue weighted by molar-refractivity contribution is -0.123. The van der Waals surface area contributed by atoms with Gasteiger partial charge in [0.25, 0.3) is 0 Å². The van der Waals surface area contributed by atoms with Gasteiger partial charge >= 0.3 is 0 Å². The van der Waals surface area contributed by atoms with E-state index in [9.17, 15) is 4.79 Å². The molecule has 172 valence electrons. The lowest BCUT2D eigenvalue weighted by Gasteiger charge is -2.31. The number of nitrogens with two attached hydrogens (primary N) is 1. The van der Waals surface area contributed by atoms with Crippen LogP contribution in [0.15, 0.2) is 53.5 Å². The first-order valence-corrected chi connectivity index (χ1v) is 11.1. The van der Waals surface area contributed by atoms with Crippen LogP contribution in [0.4, 0.5) is 0 Å². The first-order chi connectivity index (χ1) is 15.5. The molecule has 1 heterocycles. The van der Waals surface area contributed by atoms with E-state index in [-0.39, 0.29) is 11.8 Å². The Morgan fingerprint density at radius 2 is 2.03 bits per heavy atom. The van der Waals surface area contributed by atoms with Gasteiger partial charge in [-0.25, -0.2) is 0 Å². The number of carbonyl (C=O) groups is 1. The van der Waals surface area contributed by atoms with Crippen molar-refractivity contribution in [2.24, 2.45) is 16.6 Å². The first kappa shape index (κ1) is 23.6. The Balaban J connectivity index is 1.57. The number of amides is 1. The fourth-order valence-corrected chi connectivity index (χ4v) is 4.26. The van der Waals surface area contributed by atoms with Crippen LogP contribution in [0.1, 0.15) is 29.5 Å². The summed E-state index contributed by atoms with van der Waals surface area (Å²) < 4.78 is 5.47. The van der Waals surface area contributed by atoms with Crippen molar-refractivity contribution in [2.45, 2.75) is 32.5 Å². The van der Waals surface area contributed by atoms with Crippen LogP contribution in [0.25, 0.3) is 0 Å². The third-order valence-corrected chi connectivity index (χ3v) is 5.93. The van der Waals surface area contributed by atoms with Crippen LogP contribution in [0.2, 0.25) is 0 Å². The molecular weight excluding hydrogens is 402 g/mol. The zero-order valence-corrected chi connectivity index (χ0v) is 19.4. The normalized spacial score (nSPS) is 17.1. The monoisotopic (exact) mass is 437 g/mol. The molecule has 32 heavy (non-hydrogen) atoms. The number of rotatable bonds is 8. The Hall–Kier alpha value is -3.06. The maximum Gasteiger partial charge on any atom is 0.221 e. The predicted molar refractivity (Wildman–Crippen MR) is 128 cm³/mol. The molecule has 0 aliphatic carbocycles. The van der Waals surface area contributed by atoms with Crippen LogP contribution in [0.5, 0.6) is 5.75 Å². The quantitative estimate of drug-likeness (QED) is 0.490. The van der Waals surface area contributed by atoms with Gasteiger partial charge in [0.1, 0.15) is 5.75 Å². The predicted octanol–water partition coefficient (Wildman–Crippen LogP) is 2.60. The number of piperidine rings is 1. The van der Waals surface area contributed by atoms with Gasteiger partial charge in [-0.2, -0.15) is 0 Å². The van der Waals surface area contributed by atoms with E-state index in [1.807, 2.05) is 25.2 Å². The van der Waals surface area contributed by atoms with Crippen LogP contribution in [-0.4, -0.2) is 56.0 Å². The third-order valence-electron chi connectivity index (χ3n) is 5.93. The van der Waals surface area contributed by atoms with Crippen molar-refractivity contribution in [2.75, 3.05) is 34.3 Å². The number of nitrogens with zero attached hydrogens (tertiary/aromatic N) is 3. The van der Waals surface area contributed by atoms with Gasteiger partial charge in [-0.15, -0.1) is 0 Å². The minimum atomic E-state index is -0.184. The summed E-state index contributed by atoms with van der Waals surface area (Å²) in [6, 6.07) is 16.6. The number of hydrogen-bond donors (Lipinski definition) is 2. The molecule has 1 saturated heterocycles. The molecule has 7 nitrogen and oxygen atoms in total. The van der Waals surface area contributed by atoms with E-state index in [0.717, 1.165) is 49.7 Å². The molecule has 7 heteroatoms. The molecule has 0 aromatic heterocycles. The van der Waals surface area contributed by atoms with Crippen LogP contribution in [-0.2, 0) is 24.4 Å². The second-order valence-corrected chi connectivity index (χ2v) is 8.37. The number of nitrogens with one attached hydrogen (secondary N) is 1. The van der Waals surface area contributed by atoms with E-state index in [2.05, 4.69) is 50.4 Å². The number of para-hydroxylation sites is 1. The molecule has 2 aromatic carbocycles. The molecule has 1 atom stereocenters. The second kappa shape index (κ2) is 11.5. The summed E-state index contributed by atoms with van der Waals surface area (Å²) in [7, 11) is 5.50. The van der Waals surface area contributed by atoms with Crippen LogP contribution in [0.3, 0.4) is 0 Å². The Bertz CT molecular complexity index is 930. The summed E-state index contributed by atoms with van der Waals surface area (Å²) in [5, 5.41) is 3.46. The molecule has 1 aliphatic heterocycles. The Kier molecular flexibility index (Phi) is 8.50. The zero-order chi connectivity index (χ0) is 22.9. The molecule has 3 rings (SSSR count). The summed E-state index contributed by atoms with van der Waals surface area (Å²) in [4.78, 5) is 20.4. The average Bonchev–Trinajstić information content (AvgIpc) is 2.80. The van der Waals surface area contributed by atoms with Gasteiger partial charge in [0.15, 0.2) is 5.96 Å². The Morgan fingerprint density at radius 3 is 2.78 bits per heavy atom. The van der Waals surface area contributed by atoms with Gasteiger partial charge in [0, 0.05) is 45.8 Å². The Morgan fingerprint density at radius 1 is 1.25 bits per heavy atom. The summed E-state index contributed by atoms with van der Waals surface area (Å²) >= 11 is 0. The standard InChI is InChI=1S/C25H35N5O2/c1-27-25(29(2)17-21-10-4-5-12-23(21)32-3)28-15-19-8-6-9-20(14-19)16-30-13-7-11-22(18-30)24(26)31/h4-6,8-10,12,14,22H,7,11,13,15-18H2,1-3H3,(H2,26,31)(H,27,28). The second-order valence-electron chi connectivity index (χ2n) is 8.37. The van der Waals surface area contributed by atoms with Crippen molar-refractivity contribution in [3.63, 3.8) is 0 Å². The van der Waals surface area contributed by atoms with E-state index in [1.54, 1.807) is 14.2 Å². The average molecular weight is 438 g/mol. The lowest BCUT2D eigenvalue weighted by Crippen LogP contribution is -2.40. The highest BCUT2D eigenvalue weighted by molar-refractivity contribution is 5.79. The molecule has 1 aliphatic rings. The smallest absolute Gasteiger partial charge is 0.221 e. The molecule has 0 spiro atoms. The highest BCUT2D eigenvalue weighted by Crippen LogP contribution is 2.20. The molecule has 0 saturated carbocycles. The van der Waals surface area contributed by atoms with Gasteiger partial charge < -0.3 is 20.7 Å². The van der Waals surface area contributed by atoms with E-state index >= 15 is 0 Å². The SMILES string of the molecule is CN=C(NCc1cccc(CN2CCCC(C(N)=O)C2)c1)N(C)Cc1ccccc1OC. The summed E-state index contributed by atoms with van der Waals surface area (Å²) in [6.07, 6.45) is 1.92. The van der Waals surface area contributed by atoms with Gasteiger partial charge in [0.2, 0.25) is 5.91 Å². The number of guanidine groups is 1. The number of hydrogen-bond acceptors (Lipinski definition) is 4. The number of methoxy groups -OCH3 is 1. The molecule has 3 N–H and O–H groups in total. The van der Waals surface area contributed by atoms with Crippen molar-refractivity contribution in [3.8, 4) is 5.75 Å². The minimum Gasteiger partial charge on any atom is -0.496 e. The molecule has 0 radical (unpaired) electrons. The Labute approximate surface area is 191 Å². The fourth-order valence-electron chi connectivity index (χ4n) is 4.26. The number of ether oxygens (including phenoxy) is 1. The van der Waals surface area contributed by atoms with Crippen molar-refractivity contribution in [1.29, 1.82) is 0 Å². The minimum absolute atomic E-state index is 0.0318. The number of benzene rings is 2. The summed E-state index contributed by atoms with van der Waals surface area (Å²) in [5.74, 6) is 1.48. The molecular formula is C25H35N5O2. The lowest BCUT2D eigenvalue weighted by atomic mass is 9.97. The van der Waals surface area contributed by atoms with Gasteiger partial charge in [-0.1, -0.05) is 42.5 Å². The number of likely N-dealkylation sites (tertiary alicyclic amines) is 1. The molecule has 1 unspecified atom stereocenters. The maximum atomic E-state index is 11.6. The summed E-state index contributed by atoms with van der Waals surface area (Å²) in [6.45, 7) is 3.96. The molecule has 2 aromatic rings. The number of carbonyl (C=O) groups excluding carboxylic acids is 1. The largest absolute Gasteiger partial charge is 0.496 e. The van der Waals surface area contributed by atoms with Crippen LogP contribution >= 0.6 is 0 Å². The summed E-state index contributed by atoms with van der Waals surface area (Å²) in [5.41, 5.74) is 9.07. The van der Waals surface area contributed by atoms with E-state index < -0.39 is 0 Å². The third kappa shape index (κ3) is 6.47. The highest BCUT2D eigenvalue weighted by atomic mass is 16.5. The van der Waals surface area contributed by atoms with Gasteiger partial charge in [-0.3, -0.25) is 14.7 Å². The number of aliphatic imine (C=N–C) groups is 1. The van der Waals surface area contributed by atoms with Crippen LogP contribution in [0, 0.1) is 5.92 Å². The number of primary amides is 1. The molecule has 0 bridgehead atoms. The van der Waals surface area contributed by atoms with E-state index in [1.165, 1.54) is 11.1 Å². The van der Waals surface area contributed by atoms with Gasteiger partial charge in [0.05, 0.1) is 13.0 Å². The first-order valence-electron chi connectivity index (χ1n) is 11.1. The topological polar surface area (TPSA) is 83.2 Å². The molecule has 1 amide bonds. The maximum absolute atomic E-state index is 11.6.